The molecule has 34 heavy (non-hydrogen) atoms. The topological polar surface area (TPSA) is 115 Å². The van der Waals surface area contributed by atoms with Crippen LogP contribution in [0.4, 0.5) is 10.5 Å². The Morgan fingerprint density at radius 2 is 1.82 bits per heavy atom. The van der Waals surface area contributed by atoms with Crippen molar-refractivity contribution in [1.82, 2.24) is 10.6 Å². The number of benzene rings is 2. The van der Waals surface area contributed by atoms with Gasteiger partial charge in [0.05, 0.1) is 29.9 Å². The van der Waals surface area contributed by atoms with E-state index in [2.05, 4.69) is 16.0 Å². The van der Waals surface area contributed by atoms with Crippen LogP contribution in [0.1, 0.15) is 32.4 Å². The maximum Gasteiger partial charge on any atom is 0.344 e. The maximum atomic E-state index is 13.2. The Morgan fingerprint density at radius 1 is 1.09 bits per heavy atom. The number of hydrogen-bond donors (Lipinski definition) is 3. The molecule has 180 valence electrons. The van der Waals surface area contributed by atoms with E-state index in [1.54, 1.807) is 57.2 Å². The first-order valence-corrected chi connectivity index (χ1v) is 11.1. The summed E-state index contributed by atoms with van der Waals surface area (Å²) < 4.78 is 16.1. The van der Waals surface area contributed by atoms with Gasteiger partial charge in [0.2, 0.25) is 0 Å². The van der Waals surface area contributed by atoms with Crippen LogP contribution in [-0.4, -0.2) is 37.7 Å². The number of hydrogen-bond acceptors (Lipinski definition) is 6. The van der Waals surface area contributed by atoms with Crippen molar-refractivity contribution >= 4 is 35.2 Å². The van der Waals surface area contributed by atoms with E-state index in [9.17, 15) is 14.4 Å². The highest BCUT2D eigenvalue weighted by atomic mass is 35.5. The van der Waals surface area contributed by atoms with E-state index in [4.69, 9.17) is 25.8 Å². The van der Waals surface area contributed by atoms with Gasteiger partial charge in [0.1, 0.15) is 0 Å². The Labute approximate surface area is 202 Å². The molecular formula is C24H26ClN3O6. The fraction of sp³-hybridized carbons (Fsp3) is 0.292. The Hall–Kier alpha value is -3.72. The number of halogens is 1. The third-order valence-corrected chi connectivity index (χ3v) is 5.13. The smallest absolute Gasteiger partial charge is 0.344 e. The van der Waals surface area contributed by atoms with Crippen LogP contribution in [0.2, 0.25) is 5.02 Å². The predicted molar refractivity (Wildman–Crippen MR) is 127 cm³/mol. The van der Waals surface area contributed by atoms with Crippen LogP contribution in [0.15, 0.2) is 53.7 Å². The summed E-state index contributed by atoms with van der Waals surface area (Å²) in [6, 6.07) is 10.9. The molecule has 0 aliphatic carbocycles. The van der Waals surface area contributed by atoms with Gasteiger partial charge in [0.15, 0.2) is 18.1 Å². The second-order valence-electron chi connectivity index (χ2n) is 7.25. The summed E-state index contributed by atoms with van der Waals surface area (Å²) in [6.07, 6.45) is 0. The number of carbonyl (C=O) groups excluding carboxylic acids is 3. The van der Waals surface area contributed by atoms with Crippen molar-refractivity contribution in [2.24, 2.45) is 0 Å². The minimum atomic E-state index is -0.812. The van der Waals surface area contributed by atoms with Crippen molar-refractivity contribution in [1.29, 1.82) is 0 Å². The van der Waals surface area contributed by atoms with Gasteiger partial charge in [-0.05, 0) is 50.6 Å². The van der Waals surface area contributed by atoms with Crippen LogP contribution in [0.5, 0.6) is 11.5 Å². The minimum absolute atomic E-state index is 0.151. The van der Waals surface area contributed by atoms with E-state index < -0.39 is 23.9 Å². The van der Waals surface area contributed by atoms with Gasteiger partial charge in [0, 0.05) is 11.4 Å². The van der Waals surface area contributed by atoms with Gasteiger partial charge in [-0.1, -0.05) is 29.8 Å². The molecule has 1 atom stereocenters. The molecule has 0 spiro atoms. The summed E-state index contributed by atoms with van der Waals surface area (Å²) in [5, 5.41) is 8.39. The zero-order valence-electron chi connectivity index (χ0n) is 19.1. The zero-order chi connectivity index (χ0) is 24.7. The van der Waals surface area contributed by atoms with Crippen LogP contribution in [0.3, 0.4) is 0 Å². The van der Waals surface area contributed by atoms with E-state index in [0.717, 1.165) is 0 Å². The lowest BCUT2D eigenvalue weighted by atomic mass is 9.94. The summed E-state index contributed by atoms with van der Waals surface area (Å²) in [6.45, 7) is 5.30. The van der Waals surface area contributed by atoms with E-state index in [0.29, 0.717) is 29.1 Å². The number of para-hydroxylation sites is 1. The highest BCUT2D eigenvalue weighted by Crippen LogP contribution is 2.40. The molecule has 0 fully saturated rings. The lowest BCUT2D eigenvalue weighted by molar-refractivity contribution is -0.145. The summed E-state index contributed by atoms with van der Waals surface area (Å²) in [4.78, 5) is 37.1. The molecule has 0 unspecified atom stereocenters. The van der Waals surface area contributed by atoms with Crippen molar-refractivity contribution < 1.29 is 28.6 Å². The van der Waals surface area contributed by atoms with Crippen molar-refractivity contribution in [2.45, 2.75) is 26.8 Å². The van der Waals surface area contributed by atoms with Crippen molar-refractivity contribution in [3.05, 3.63) is 64.3 Å². The summed E-state index contributed by atoms with van der Waals surface area (Å²) in [5.41, 5.74) is 1.82. The monoisotopic (exact) mass is 487 g/mol. The van der Waals surface area contributed by atoms with Gasteiger partial charge in [-0.25, -0.2) is 9.59 Å². The third-order valence-electron chi connectivity index (χ3n) is 4.85. The third kappa shape index (κ3) is 5.99. The highest BCUT2D eigenvalue weighted by molar-refractivity contribution is 6.32. The fourth-order valence-electron chi connectivity index (χ4n) is 3.46. The van der Waals surface area contributed by atoms with Crippen molar-refractivity contribution in [3.8, 4) is 11.5 Å². The van der Waals surface area contributed by atoms with Gasteiger partial charge in [-0.15, -0.1) is 0 Å². The molecule has 2 aromatic carbocycles. The number of esters is 1. The average Bonchev–Trinajstić information content (AvgIpc) is 2.78. The zero-order valence-corrected chi connectivity index (χ0v) is 19.8. The number of ether oxygens (including phenoxy) is 3. The first kappa shape index (κ1) is 24.9. The van der Waals surface area contributed by atoms with Gasteiger partial charge < -0.3 is 30.2 Å². The van der Waals surface area contributed by atoms with Crippen LogP contribution in [-0.2, 0) is 14.3 Å². The average molecular weight is 488 g/mol. The number of anilines is 1. The molecule has 0 bridgehead atoms. The van der Waals surface area contributed by atoms with Gasteiger partial charge in [-0.2, -0.15) is 0 Å². The summed E-state index contributed by atoms with van der Waals surface area (Å²) in [5.74, 6) is -0.508. The van der Waals surface area contributed by atoms with Gasteiger partial charge in [-0.3, -0.25) is 4.79 Å². The number of carbonyl (C=O) groups is 3. The molecule has 0 aromatic heterocycles. The van der Waals surface area contributed by atoms with Crippen molar-refractivity contribution in [2.75, 3.05) is 25.1 Å². The number of nitrogens with one attached hydrogen (secondary N) is 3. The van der Waals surface area contributed by atoms with Crippen LogP contribution in [0.25, 0.3) is 0 Å². The molecule has 0 saturated heterocycles. The molecule has 1 aliphatic rings. The molecule has 1 aliphatic heterocycles. The van der Waals surface area contributed by atoms with Gasteiger partial charge in [0.25, 0.3) is 5.91 Å². The summed E-state index contributed by atoms with van der Waals surface area (Å²) >= 11 is 6.48. The maximum absolute atomic E-state index is 13.2. The largest absolute Gasteiger partial charge is 0.490 e. The second kappa shape index (κ2) is 11.4. The van der Waals surface area contributed by atoms with Crippen LogP contribution < -0.4 is 25.4 Å². The first-order valence-electron chi connectivity index (χ1n) is 10.7. The van der Waals surface area contributed by atoms with E-state index in [1.807, 2.05) is 6.07 Å². The Morgan fingerprint density at radius 3 is 2.50 bits per heavy atom. The van der Waals surface area contributed by atoms with Crippen molar-refractivity contribution in [3.63, 3.8) is 0 Å². The van der Waals surface area contributed by atoms with E-state index in [-0.39, 0.29) is 29.7 Å². The molecule has 10 heteroatoms. The van der Waals surface area contributed by atoms with E-state index in [1.165, 1.54) is 0 Å². The van der Waals surface area contributed by atoms with Gasteiger partial charge >= 0.3 is 12.0 Å². The second-order valence-corrected chi connectivity index (χ2v) is 7.65. The quantitative estimate of drug-likeness (QED) is 0.461. The molecule has 0 saturated carbocycles. The number of allylic oxidation sites excluding steroid dienone is 1. The van der Waals surface area contributed by atoms with Crippen LogP contribution in [0, 0.1) is 0 Å². The highest BCUT2D eigenvalue weighted by Gasteiger charge is 2.32. The number of urea groups is 1. The molecule has 3 N–H and O–H groups in total. The number of amides is 3. The lowest BCUT2D eigenvalue weighted by Gasteiger charge is -2.29. The standard InChI is InChI=1S/C24H26ClN3O6/c1-4-32-18-12-15(11-17(25)22(18)34-13-19(29)33-5-2)21-20(14(3)26-24(31)28-21)23(30)27-16-9-7-6-8-10-16/h6-12,21H,4-5,13H2,1-3H3,(H,27,30)(H2,26,28,31)/t21-/m0/s1. The number of rotatable bonds is 9. The molecule has 3 amide bonds. The summed E-state index contributed by atoms with van der Waals surface area (Å²) in [7, 11) is 0. The minimum Gasteiger partial charge on any atom is -0.490 e. The SMILES string of the molecule is CCOC(=O)COc1c(Cl)cc([C@@H]2NC(=O)NC(C)=C2C(=O)Nc2ccccc2)cc1OCC. The normalized spacial score (nSPS) is 15.2. The Kier molecular flexibility index (Phi) is 8.37. The lowest BCUT2D eigenvalue weighted by Crippen LogP contribution is -2.46. The Balaban J connectivity index is 1.96. The molecule has 3 rings (SSSR count). The molecule has 0 radical (unpaired) electrons. The Bertz CT molecular complexity index is 1100. The molecule has 2 aromatic rings. The van der Waals surface area contributed by atoms with E-state index >= 15 is 0 Å². The first-order chi connectivity index (χ1) is 16.3. The fourth-order valence-corrected chi connectivity index (χ4v) is 3.73. The molecule has 9 nitrogen and oxygen atoms in total. The molecule has 1 heterocycles. The predicted octanol–water partition coefficient (Wildman–Crippen LogP) is 3.95. The van der Waals surface area contributed by atoms with Crippen LogP contribution >= 0.6 is 11.6 Å². The molecular weight excluding hydrogens is 462 g/mol.